The summed E-state index contributed by atoms with van der Waals surface area (Å²) in [5.74, 6) is 0. The molecule has 7 heteroatoms. The Balaban J connectivity index is 2.68. The molecule has 1 aromatic rings. The molecule has 0 heterocycles. The maximum atomic E-state index is 10.4. The van der Waals surface area contributed by atoms with Crippen LogP contribution in [0.5, 0.6) is 0 Å². The van der Waals surface area contributed by atoms with E-state index in [4.69, 9.17) is 11.5 Å². The fourth-order valence-corrected chi connectivity index (χ4v) is 1.24. The third kappa shape index (κ3) is 3.12. The molecule has 86 valence electrons. The minimum atomic E-state index is -0.611. The molecule has 0 aliphatic heterocycles. The van der Waals surface area contributed by atoms with Crippen molar-refractivity contribution in [2.24, 2.45) is 5.73 Å². The molecule has 1 rings (SSSR count). The number of rotatable bonds is 4. The lowest BCUT2D eigenvalue weighted by atomic mass is 10.1. The van der Waals surface area contributed by atoms with Gasteiger partial charge in [0.1, 0.15) is 0 Å². The molecule has 0 aliphatic rings. The molecule has 0 radical (unpaired) electrons. The summed E-state index contributed by atoms with van der Waals surface area (Å²) in [6.45, 7) is 0.345. The van der Waals surface area contributed by atoms with Gasteiger partial charge in [-0.05, 0) is 12.0 Å². The van der Waals surface area contributed by atoms with Crippen molar-refractivity contribution in [1.82, 2.24) is 5.32 Å². The van der Waals surface area contributed by atoms with Gasteiger partial charge in [0.15, 0.2) is 0 Å². The third-order valence-corrected chi connectivity index (χ3v) is 2.03. The number of nitrogens with one attached hydrogen (secondary N) is 1. The molecule has 0 spiro atoms. The van der Waals surface area contributed by atoms with Crippen molar-refractivity contribution in [2.75, 3.05) is 12.3 Å². The van der Waals surface area contributed by atoms with Crippen LogP contribution in [0, 0.1) is 10.1 Å². The molecule has 0 fully saturated rings. The van der Waals surface area contributed by atoms with Gasteiger partial charge in [0.2, 0.25) is 0 Å². The van der Waals surface area contributed by atoms with E-state index < -0.39 is 11.0 Å². The number of nitrogens with two attached hydrogens (primary N) is 2. The van der Waals surface area contributed by atoms with Gasteiger partial charge >= 0.3 is 6.03 Å². The molecule has 0 saturated heterocycles. The first-order valence-electron chi connectivity index (χ1n) is 4.57. The minimum absolute atomic E-state index is 0.0517. The quantitative estimate of drug-likeness (QED) is 0.388. The Bertz CT molecular complexity index is 419. The summed E-state index contributed by atoms with van der Waals surface area (Å²) in [6.07, 6.45) is 0.479. The molecule has 0 saturated carbocycles. The Morgan fingerprint density at radius 1 is 1.50 bits per heavy atom. The molecule has 2 amide bonds. The minimum Gasteiger partial charge on any atom is -0.398 e. The molecule has 0 aliphatic carbocycles. The summed E-state index contributed by atoms with van der Waals surface area (Å²) < 4.78 is 0. The number of carbonyl (C=O) groups is 1. The number of amides is 2. The van der Waals surface area contributed by atoms with Gasteiger partial charge in [-0.15, -0.1) is 0 Å². The number of hydrogen-bond donors (Lipinski definition) is 3. The van der Waals surface area contributed by atoms with E-state index in [1.165, 1.54) is 12.1 Å². The number of carbonyl (C=O) groups excluding carboxylic acids is 1. The molecular formula is C9H12N4O3. The van der Waals surface area contributed by atoms with Crippen molar-refractivity contribution in [1.29, 1.82) is 0 Å². The van der Waals surface area contributed by atoms with Crippen LogP contribution in [0.3, 0.4) is 0 Å². The Morgan fingerprint density at radius 3 is 2.69 bits per heavy atom. The maximum absolute atomic E-state index is 10.4. The van der Waals surface area contributed by atoms with Gasteiger partial charge in [0, 0.05) is 24.4 Å². The third-order valence-electron chi connectivity index (χ3n) is 2.03. The zero-order valence-corrected chi connectivity index (χ0v) is 8.47. The molecule has 5 N–H and O–H groups in total. The fraction of sp³-hybridized carbons (Fsp3) is 0.222. The molecule has 1 aromatic carbocycles. The summed E-state index contributed by atoms with van der Waals surface area (Å²) in [4.78, 5) is 20.3. The Hall–Kier alpha value is -2.31. The number of urea groups is 1. The summed E-state index contributed by atoms with van der Waals surface area (Å²) in [7, 11) is 0. The van der Waals surface area contributed by atoms with E-state index in [0.717, 1.165) is 5.56 Å². The van der Waals surface area contributed by atoms with Gasteiger partial charge < -0.3 is 16.8 Å². The van der Waals surface area contributed by atoms with Crippen molar-refractivity contribution < 1.29 is 9.72 Å². The summed E-state index contributed by atoms with van der Waals surface area (Å²) in [6, 6.07) is 3.62. The molecule has 7 nitrogen and oxygen atoms in total. The molecule has 0 atom stereocenters. The Labute approximate surface area is 91.6 Å². The summed E-state index contributed by atoms with van der Waals surface area (Å²) in [5.41, 5.74) is 11.5. The first kappa shape index (κ1) is 11.8. The van der Waals surface area contributed by atoms with E-state index in [0.29, 0.717) is 18.7 Å². The first-order valence-corrected chi connectivity index (χ1v) is 4.57. The lowest BCUT2D eigenvalue weighted by Crippen LogP contribution is -2.31. The second kappa shape index (κ2) is 4.96. The average Bonchev–Trinajstić information content (AvgIpc) is 2.19. The molecule has 0 aromatic heterocycles. The van der Waals surface area contributed by atoms with Crippen LogP contribution in [0.2, 0.25) is 0 Å². The first-order chi connectivity index (χ1) is 7.50. The smallest absolute Gasteiger partial charge is 0.312 e. The highest BCUT2D eigenvalue weighted by Gasteiger charge is 2.08. The standard InChI is InChI=1S/C9H12N4O3/c10-8-5-7(13(15)16)2-1-6(8)3-4-12-9(11)14/h1-2,5H,3-4,10H2,(H3,11,12,14). The van der Waals surface area contributed by atoms with Crippen LogP contribution in [-0.2, 0) is 6.42 Å². The van der Waals surface area contributed by atoms with Gasteiger partial charge in [-0.25, -0.2) is 4.79 Å². The second-order valence-corrected chi connectivity index (χ2v) is 3.18. The number of primary amides is 1. The fourth-order valence-electron chi connectivity index (χ4n) is 1.24. The van der Waals surface area contributed by atoms with Crippen LogP contribution in [-0.4, -0.2) is 17.5 Å². The van der Waals surface area contributed by atoms with Gasteiger partial charge in [0.25, 0.3) is 5.69 Å². The maximum Gasteiger partial charge on any atom is 0.312 e. The lowest BCUT2D eigenvalue weighted by Gasteiger charge is -2.05. The molecule has 0 bridgehead atoms. The van der Waals surface area contributed by atoms with Gasteiger partial charge in [-0.1, -0.05) is 6.07 Å². The number of non-ortho nitro benzene ring substituents is 1. The molecular weight excluding hydrogens is 212 g/mol. The second-order valence-electron chi connectivity index (χ2n) is 3.18. The van der Waals surface area contributed by atoms with Crippen molar-refractivity contribution in [3.05, 3.63) is 33.9 Å². The average molecular weight is 224 g/mol. The van der Waals surface area contributed by atoms with Crippen molar-refractivity contribution in [2.45, 2.75) is 6.42 Å². The monoisotopic (exact) mass is 224 g/mol. The number of nitrogens with zero attached hydrogens (tertiary/aromatic N) is 1. The SMILES string of the molecule is NC(=O)NCCc1ccc([N+](=O)[O-])cc1N. The van der Waals surface area contributed by atoms with E-state index >= 15 is 0 Å². The predicted molar refractivity (Wildman–Crippen MR) is 58.8 cm³/mol. The zero-order chi connectivity index (χ0) is 12.1. The highest BCUT2D eigenvalue weighted by Crippen LogP contribution is 2.19. The number of benzene rings is 1. The van der Waals surface area contributed by atoms with Gasteiger partial charge in [-0.3, -0.25) is 10.1 Å². The normalized spacial score (nSPS) is 9.75. The van der Waals surface area contributed by atoms with E-state index in [2.05, 4.69) is 5.32 Å². The summed E-state index contributed by atoms with van der Waals surface area (Å²) in [5, 5.41) is 12.9. The van der Waals surface area contributed by atoms with E-state index in [9.17, 15) is 14.9 Å². The number of nitro groups is 1. The Morgan fingerprint density at radius 2 is 2.19 bits per heavy atom. The zero-order valence-electron chi connectivity index (χ0n) is 8.47. The molecule has 0 unspecified atom stereocenters. The largest absolute Gasteiger partial charge is 0.398 e. The topological polar surface area (TPSA) is 124 Å². The number of hydrogen-bond acceptors (Lipinski definition) is 4. The van der Waals surface area contributed by atoms with Gasteiger partial charge in [0.05, 0.1) is 4.92 Å². The van der Waals surface area contributed by atoms with Crippen LogP contribution >= 0.6 is 0 Å². The molecule has 16 heavy (non-hydrogen) atoms. The Kier molecular flexibility index (Phi) is 3.65. The number of nitrogen functional groups attached to an aromatic ring is 1. The van der Waals surface area contributed by atoms with Crippen LogP contribution in [0.1, 0.15) is 5.56 Å². The van der Waals surface area contributed by atoms with Crippen molar-refractivity contribution in [3.63, 3.8) is 0 Å². The van der Waals surface area contributed by atoms with E-state index in [1.54, 1.807) is 6.07 Å². The van der Waals surface area contributed by atoms with Crippen LogP contribution in [0.15, 0.2) is 18.2 Å². The highest BCUT2D eigenvalue weighted by molar-refractivity contribution is 5.71. The number of anilines is 1. The van der Waals surface area contributed by atoms with E-state index in [1.807, 2.05) is 0 Å². The lowest BCUT2D eigenvalue weighted by molar-refractivity contribution is -0.384. The summed E-state index contributed by atoms with van der Waals surface area (Å²) >= 11 is 0. The van der Waals surface area contributed by atoms with Gasteiger partial charge in [-0.2, -0.15) is 0 Å². The van der Waals surface area contributed by atoms with Crippen LogP contribution in [0.4, 0.5) is 16.2 Å². The number of nitro benzene ring substituents is 1. The highest BCUT2D eigenvalue weighted by atomic mass is 16.6. The van der Waals surface area contributed by atoms with Crippen molar-refractivity contribution >= 4 is 17.4 Å². The van der Waals surface area contributed by atoms with Crippen molar-refractivity contribution in [3.8, 4) is 0 Å². The van der Waals surface area contributed by atoms with E-state index in [-0.39, 0.29) is 5.69 Å². The van der Waals surface area contributed by atoms with Crippen LogP contribution < -0.4 is 16.8 Å². The van der Waals surface area contributed by atoms with Crippen LogP contribution in [0.25, 0.3) is 0 Å². The predicted octanol–water partition coefficient (Wildman–Crippen LogP) is 0.388.